The van der Waals surface area contributed by atoms with Crippen molar-refractivity contribution in [2.75, 3.05) is 13.1 Å². The smallest absolute Gasteiger partial charge is 0.144 e. The van der Waals surface area contributed by atoms with Crippen LogP contribution in [0.5, 0.6) is 0 Å². The Kier molecular flexibility index (Phi) is 4.00. The molecular weight excluding hydrogens is 234 g/mol. The van der Waals surface area contributed by atoms with E-state index < -0.39 is 0 Å². The first-order chi connectivity index (χ1) is 8.04. The lowest BCUT2D eigenvalue weighted by molar-refractivity contribution is 0.290. The molecule has 0 amide bonds. The highest BCUT2D eigenvalue weighted by Gasteiger charge is 2.25. The van der Waals surface area contributed by atoms with Crippen LogP contribution in [0.3, 0.4) is 0 Å². The van der Waals surface area contributed by atoms with Crippen molar-refractivity contribution in [3.05, 3.63) is 22.7 Å². The summed E-state index contributed by atoms with van der Waals surface area (Å²) in [7, 11) is 0. The molecule has 1 saturated heterocycles. The van der Waals surface area contributed by atoms with Crippen molar-refractivity contribution in [3.8, 4) is 0 Å². The molecule has 1 fully saturated rings. The van der Waals surface area contributed by atoms with Gasteiger partial charge in [-0.05, 0) is 37.8 Å². The van der Waals surface area contributed by atoms with Crippen LogP contribution in [0.15, 0.2) is 6.07 Å². The maximum atomic E-state index is 5.95. The third kappa shape index (κ3) is 3.39. The maximum absolute atomic E-state index is 5.95. The summed E-state index contributed by atoms with van der Waals surface area (Å²) in [5.74, 6) is 2.43. The van der Waals surface area contributed by atoms with E-state index in [1.54, 1.807) is 6.07 Å². The monoisotopic (exact) mass is 253 g/mol. The molecule has 0 N–H and O–H groups in total. The first kappa shape index (κ1) is 12.8. The molecule has 1 aliphatic heterocycles. The Morgan fingerprint density at radius 1 is 1.47 bits per heavy atom. The van der Waals surface area contributed by atoms with E-state index in [1.165, 1.54) is 6.42 Å². The SMILES string of the molecule is Cc1cc(Cl)nc(CN2CCC(C(C)C)C2)n1. The van der Waals surface area contributed by atoms with Crippen molar-refractivity contribution in [2.45, 2.75) is 33.7 Å². The zero-order valence-electron chi connectivity index (χ0n) is 10.8. The fourth-order valence-corrected chi connectivity index (χ4v) is 2.67. The van der Waals surface area contributed by atoms with Crippen molar-refractivity contribution in [3.63, 3.8) is 0 Å². The number of aryl methyl sites for hydroxylation is 1. The summed E-state index contributed by atoms with van der Waals surface area (Å²) in [5, 5.41) is 0.548. The molecule has 94 valence electrons. The average molecular weight is 254 g/mol. The Bertz CT molecular complexity index is 372. The second-order valence-corrected chi connectivity index (χ2v) is 5.66. The molecule has 1 aliphatic rings. The fourth-order valence-electron chi connectivity index (χ4n) is 2.41. The summed E-state index contributed by atoms with van der Waals surface area (Å²) in [6, 6.07) is 1.80. The lowest BCUT2D eigenvalue weighted by Crippen LogP contribution is -2.22. The van der Waals surface area contributed by atoms with E-state index in [1.807, 2.05) is 6.92 Å². The summed E-state index contributed by atoms with van der Waals surface area (Å²) in [5.41, 5.74) is 0.944. The van der Waals surface area contributed by atoms with E-state index in [4.69, 9.17) is 11.6 Å². The first-order valence-electron chi connectivity index (χ1n) is 6.27. The number of aromatic nitrogens is 2. The molecule has 17 heavy (non-hydrogen) atoms. The van der Waals surface area contributed by atoms with E-state index >= 15 is 0 Å². The van der Waals surface area contributed by atoms with E-state index in [2.05, 4.69) is 28.7 Å². The van der Waals surface area contributed by atoms with Gasteiger partial charge in [-0.1, -0.05) is 25.4 Å². The Morgan fingerprint density at radius 3 is 2.82 bits per heavy atom. The van der Waals surface area contributed by atoms with Crippen molar-refractivity contribution in [1.29, 1.82) is 0 Å². The van der Waals surface area contributed by atoms with Gasteiger partial charge in [-0.25, -0.2) is 9.97 Å². The summed E-state index contributed by atoms with van der Waals surface area (Å²) in [6.07, 6.45) is 1.29. The predicted molar refractivity (Wildman–Crippen MR) is 70.0 cm³/mol. The van der Waals surface area contributed by atoms with Crippen LogP contribution in [0.2, 0.25) is 5.15 Å². The maximum Gasteiger partial charge on any atom is 0.144 e. The van der Waals surface area contributed by atoms with Gasteiger partial charge < -0.3 is 0 Å². The summed E-state index contributed by atoms with van der Waals surface area (Å²) in [4.78, 5) is 11.1. The van der Waals surface area contributed by atoms with Crippen LogP contribution < -0.4 is 0 Å². The second kappa shape index (κ2) is 5.32. The van der Waals surface area contributed by atoms with Crippen molar-refractivity contribution in [1.82, 2.24) is 14.9 Å². The van der Waals surface area contributed by atoms with Gasteiger partial charge in [0.25, 0.3) is 0 Å². The molecule has 0 radical (unpaired) electrons. The summed E-state index contributed by atoms with van der Waals surface area (Å²) >= 11 is 5.95. The predicted octanol–water partition coefficient (Wildman–Crippen LogP) is 2.92. The number of hydrogen-bond acceptors (Lipinski definition) is 3. The quantitative estimate of drug-likeness (QED) is 0.776. The number of likely N-dealkylation sites (tertiary alicyclic amines) is 1. The van der Waals surface area contributed by atoms with Gasteiger partial charge >= 0.3 is 0 Å². The Balaban J connectivity index is 1.98. The van der Waals surface area contributed by atoms with Gasteiger partial charge in [0.15, 0.2) is 0 Å². The molecule has 0 aliphatic carbocycles. The minimum absolute atomic E-state index is 0.548. The van der Waals surface area contributed by atoms with Crippen LogP contribution in [0.1, 0.15) is 31.8 Å². The van der Waals surface area contributed by atoms with Crippen LogP contribution in [0, 0.1) is 18.8 Å². The third-order valence-corrected chi connectivity index (χ3v) is 3.68. The molecule has 2 heterocycles. The van der Waals surface area contributed by atoms with Gasteiger partial charge in [0.2, 0.25) is 0 Å². The molecule has 0 bridgehead atoms. The lowest BCUT2D eigenvalue weighted by atomic mass is 9.95. The van der Waals surface area contributed by atoms with Crippen molar-refractivity contribution in [2.24, 2.45) is 11.8 Å². The van der Waals surface area contributed by atoms with Crippen LogP contribution in [-0.2, 0) is 6.54 Å². The Morgan fingerprint density at radius 2 is 2.24 bits per heavy atom. The van der Waals surface area contributed by atoms with Gasteiger partial charge in [-0.15, -0.1) is 0 Å². The topological polar surface area (TPSA) is 29.0 Å². The van der Waals surface area contributed by atoms with Gasteiger partial charge in [-0.3, -0.25) is 4.90 Å². The minimum Gasteiger partial charge on any atom is -0.296 e. The number of halogens is 1. The summed E-state index contributed by atoms with van der Waals surface area (Å²) in [6.45, 7) is 9.69. The highest BCUT2D eigenvalue weighted by molar-refractivity contribution is 6.29. The molecule has 1 aromatic heterocycles. The lowest BCUT2D eigenvalue weighted by Gasteiger charge is -2.17. The summed E-state index contributed by atoms with van der Waals surface area (Å²) < 4.78 is 0. The number of rotatable bonds is 3. The van der Waals surface area contributed by atoms with Crippen LogP contribution in [0.25, 0.3) is 0 Å². The number of nitrogens with zero attached hydrogens (tertiary/aromatic N) is 3. The molecular formula is C13H20ClN3. The van der Waals surface area contributed by atoms with Gasteiger partial charge in [0, 0.05) is 12.2 Å². The average Bonchev–Trinajstić information content (AvgIpc) is 2.64. The second-order valence-electron chi connectivity index (χ2n) is 5.28. The highest BCUT2D eigenvalue weighted by Crippen LogP contribution is 2.24. The van der Waals surface area contributed by atoms with Crippen LogP contribution >= 0.6 is 11.6 Å². The molecule has 1 atom stereocenters. The molecule has 2 rings (SSSR count). The van der Waals surface area contributed by atoms with E-state index in [0.29, 0.717) is 5.15 Å². The number of hydrogen-bond donors (Lipinski definition) is 0. The third-order valence-electron chi connectivity index (χ3n) is 3.49. The molecule has 4 heteroatoms. The van der Waals surface area contributed by atoms with Gasteiger partial charge in [-0.2, -0.15) is 0 Å². The first-order valence-corrected chi connectivity index (χ1v) is 6.65. The standard InChI is InChI=1S/C13H20ClN3/c1-9(2)11-4-5-17(7-11)8-13-15-10(3)6-12(14)16-13/h6,9,11H,4-5,7-8H2,1-3H3. The fraction of sp³-hybridized carbons (Fsp3) is 0.692. The molecule has 1 unspecified atom stereocenters. The van der Waals surface area contributed by atoms with Crippen molar-refractivity contribution >= 4 is 11.6 Å². The normalized spacial score (nSPS) is 21.4. The zero-order valence-corrected chi connectivity index (χ0v) is 11.5. The van der Waals surface area contributed by atoms with E-state index in [9.17, 15) is 0 Å². The molecule has 1 aromatic rings. The van der Waals surface area contributed by atoms with Crippen LogP contribution in [-0.4, -0.2) is 28.0 Å². The Labute approximate surface area is 108 Å². The van der Waals surface area contributed by atoms with Gasteiger partial charge in [0.05, 0.1) is 6.54 Å². The molecule has 3 nitrogen and oxygen atoms in total. The van der Waals surface area contributed by atoms with Crippen LogP contribution in [0.4, 0.5) is 0 Å². The van der Waals surface area contributed by atoms with Crippen molar-refractivity contribution < 1.29 is 0 Å². The van der Waals surface area contributed by atoms with Gasteiger partial charge in [0.1, 0.15) is 11.0 Å². The minimum atomic E-state index is 0.548. The highest BCUT2D eigenvalue weighted by atomic mass is 35.5. The molecule has 0 aromatic carbocycles. The zero-order chi connectivity index (χ0) is 12.4. The van der Waals surface area contributed by atoms with E-state index in [0.717, 1.165) is 43.0 Å². The largest absolute Gasteiger partial charge is 0.296 e. The Hall–Kier alpha value is -0.670. The molecule has 0 spiro atoms. The van der Waals surface area contributed by atoms with E-state index in [-0.39, 0.29) is 0 Å². The molecule has 0 saturated carbocycles.